The van der Waals surface area contributed by atoms with Crippen molar-refractivity contribution in [2.75, 3.05) is 7.11 Å². The highest BCUT2D eigenvalue weighted by molar-refractivity contribution is 14.1. The van der Waals surface area contributed by atoms with Crippen LogP contribution < -0.4 is 4.74 Å². The number of halogens is 4. The van der Waals surface area contributed by atoms with Crippen molar-refractivity contribution in [3.8, 4) is 5.75 Å². The topological polar surface area (TPSA) is 9.23 Å². The van der Waals surface area contributed by atoms with Gasteiger partial charge in [-0.1, -0.05) is 39.7 Å². The summed E-state index contributed by atoms with van der Waals surface area (Å²) in [5, 5.41) is 0.612. The van der Waals surface area contributed by atoms with Crippen molar-refractivity contribution < 1.29 is 9.13 Å². The SMILES string of the molecule is COc1ccc(C(Br)c2ccc(F)cc2I)c(Cl)c1. The Morgan fingerprint density at radius 1 is 1.21 bits per heavy atom. The maximum atomic E-state index is 13.1. The van der Waals surface area contributed by atoms with E-state index in [1.807, 2.05) is 12.1 Å². The van der Waals surface area contributed by atoms with Gasteiger partial charge >= 0.3 is 0 Å². The van der Waals surface area contributed by atoms with Crippen molar-refractivity contribution in [1.82, 2.24) is 0 Å². The normalized spacial score (nSPS) is 12.3. The molecule has 0 aromatic heterocycles. The lowest BCUT2D eigenvalue weighted by atomic mass is 10.0. The molecule has 2 rings (SSSR count). The van der Waals surface area contributed by atoms with Crippen molar-refractivity contribution >= 4 is 50.1 Å². The maximum absolute atomic E-state index is 13.1. The van der Waals surface area contributed by atoms with Gasteiger partial charge in [-0.15, -0.1) is 0 Å². The zero-order chi connectivity index (χ0) is 14.0. The molecular formula is C14H10BrClFIO. The Morgan fingerprint density at radius 3 is 2.47 bits per heavy atom. The number of rotatable bonds is 3. The molecule has 0 amide bonds. The number of hydrogen-bond donors (Lipinski definition) is 0. The van der Waals surface area contributed by atoms with Crippen LogP contribution in [0.3, 0.4) is 0 Å². The average Bonchev–Trinajstić information content (AvgIpc) is 2.37. The second-order valence-electron chi connectivity index (χ2n) is 3.92. The highest BCUT2D eigenvalue weighted by Crippen LogP contribution is 2.38. The molecule has 0 aliphatic carbocycles. The van der Waals surface area contributed by atoms with Crippen LogP contribution in [0.1, 0.15) is 16.0 Å². The van der Waals surface area contributed by atoms with Crippen LogP contribution in [0.25, 0.3) is 0 Å². The van der Waals surface area contributed by atoms with Gasteiger partial charge in [0, 0.05) is 8.59 Å². The first-order valence-corrected chi connectivity index (χ1v) is 7.82. The maximum Gasteiger partial charge on any atom is 0.124 e. The second kappa shape index (κ2) is 6.41. The van der Waals surface area contributed by atoms with E-state index in [9.17, 15) is 4.39 Å². The van der Waals surface area contributed by atoms with Gasteiger partial charge in [0.05, 0.1) is 11.9 Å². The summed E-state index contributed by atoms with van der Waals surface area (Å²) in [4.78, 5) is -0.0848. The van der Waals surface area contributed by atoms with Gasteiger partial charge in [0.25, 0.3) is 0 Å². The van der Waals surface area contributed by atoms with Crippen molar-refractivity contribution in [2.45, 2.75) is 4.83 Å². The van der Waals surface area contributed by atoms with E-state index >= 15 is 0 Å². The molecular weight excluding hydrogens is 445 g/mol. The third kappa shape index (κ3) is 3.41. The summed E-state index contributed by atoms with van der Waals surface area (Å²) in [6, 6.07) is 10.2. The fraction of sp³-hybridized carbons (Fsp3) is 0.143. The summed E-state index contributed by atoms with van der Waals surface area (Å²) < 4.78 is 19.1. The zero-order valence-electron chi connectivity index (χ0n) is 9.96. The lowest BCUT2D eigenvalue weighted by Crippen LogP contribution is -1.98. The number of ether oxygens (including phenoxy) is 1. The van der Waals surface area contributed by atoms with Crippen LogP contribution in [0.5, 0.6) is 5.75 Å². The minimum Gasteiger partial charge on any atom is -0.497 e. The van der Waals surface area contributed by atoms with Gasteiger partial charge in [0.2, 0.25) is 0 Å². The van der Waals surface area contributed by atoms with E-state index in [0.717, 1.165) is 14.7 Å². The van der Waals surface area contributed by atoms with E-state index in [-0.39, 0.29) is 10.6 Å². The molecule has 0 heterocycles. The summed E-state index contributed by atoms with van der Waals surface area (Å²) in [6.45, 7) is 0. The van der Waals surface area contributed by atoms with Gasteiger partial charge in [-0.3, -0.25) is 0 Å². The first kappa shape index (κ1) is 15.1. The van der Waals surface area contributed by atoms with Crippen molar-refractivity contribution in [2.24, 2.45) is 0 Å². The van der Waals surface area contributed by atoms with E-state index in [1.54, 1.807) is 19.2 Å². The number of hydrogen-bond acceptors (Lipinski definition) is 1. The first-order chi connectivity index (χ1) is 9.02. The van der Waals surface area contributed by atoms with Crippen LogP contribution in [0.15, 0.2) is 36.4 Å². The molecule has 1 nitrogen and oxygen atoms in total. The van der Waals surface area contributed by atoms with Crippen LogP contribution in [0.4, 0.5) is 4.39 Å². The van der Waals surface area contributed by atoms with Crippen LogP contribution in [-0.4, -0.2) is 7.11 Å². The fourth-order valence-corrected chi connectivity index (χ4v) is 4.14. The monoisotopic (exact) mass is 454 g/mol. The van der Waals surface area contributed by atoms with Crippen LogP contribution in [0.2, 0.25) is 5.02 Å². The van der Waals surface area contributed by atoms with Gasteiger partial charge in [0.1, 0.15) is 11.6 Å². The minimum atomic E-state index is -0.242. The highest BCUT2D eigenvalue weighted by Gasteiger charge is 2.17. The Labute approximate surface area is 138 Å². The Bertz CT molecular complexity index is 606. The van der Waals surface area contributed by atoms with Gasteiger partial charge in [0.15, 0.2) is 0 Å². The quantitative estimate of drug-likeness (QED) is 0.434. The van der Waals surface area contributed by atoms with E-state index < -0.39 is 0 Å². The molecule has 0 bridgehead atoms. The standard InChI is InChI=1S/C14H10BrClFIO/c1-19-9-3-5-10(12(16)7-9)14(15)11-4-2-8(17)6-13(11)18/h2-7,14H,1H3. The van der Waals surface area contributed by atoms with Gasteiger partial charge in [-0.05, 0) is 58.0 Å². The Balaban J connectivity index is 2.41. The van der Waals surface area contributed by atoms with Crippen LogP contribution >= 0.6 is 50.1 Å². The van der Waals surface area contributed by atoms with E-state index in [2.05, 4.69) is 38.5 Å². The molecule has 1 unspecified atom stereocenters. The van der Waals surface area contributed by atoms with Crippen molar-refractivity contribution in [1.29, 1.82) is 0 Å². The Morgan fingerprint density at radius 2 is 1.89 bits per heavy atom. The molecule has 5 heteroatoms. The number of alkyl halides is 1. The first-order valence-electron chi connectivity index (χ1n) is 5.45. The summed E-state index contributed by atoms with van der Waals surface area (Å²) >= 11 is 12.0. The highest BCUT2D eigenvalue weighted by atomic mass is 127. The smallest absolute Gasteiger partial charge is 0.124 e. The minimum absolute atomic E-state index is 0.0848. The molecule has 0 saturated carbocycles. The molecule has 0 saturated heterocycles. The second-order valence-corrected chi connectivity index (χ2v) is 6.40. The van der Waals surface area contributed by atoms with Crippen LogP contribution in [-0.2, 0) is 0 Å². The van der Waals surface area contributed by atoms with Gasteiger partial charge in [-0.2, -0.15) is 0 Å². The molecule has 0 radical (unpaired) electrons. The predicted octanol–water partition coefficient (Wildman–Crippen LogP) is 5.58. The molecule has 2 aromatic rings. The molecule has 2 aromatic carbocycles. The fourth-order valence-electron chi connectivity index (χ4n) is 1.71. The van der Waals surface area contributed by atoms with E-state index in [0.29, 0.717) is 10.8 Å². The largest absolute Gasteiger partial charge is 0.497 e. The van der Waals surface area contributed by atoms with E-state index in [4.69, 9.17) is 16.3 Å². The Hall–Kier alpha value is -0.330. The molecule has 100 valence electrons. The zero-order valence-corrected chi connectivity index (χ0v) is 14.5. The van der Waals surface area contributed by atoms with Crippen molar-refractivity contribution in [3.05, 3.63) is 61.9 Å². The molecule has 0 spiro atoms. The van der Waals surface area contributed by atoms with Gasteiger partial charge in [-0.25, -0.2) is 4.39 Å². The summed E-state index contributed by atoms with van der Waals surface area (Å²) in [7, 11) is 1.60. The molecule has 19 heavy (non-hydrogen) atoms. The summed E-state index contributed by atoms with van der Waals surface area (Å²) in [5.74, 6) is 0.468. The average molecular weight is 455 g/mol. The summed E-state index contributed by atoms with van der Waals surface area (Å²) in [6.07, 6.45) is 0. The molecule has 0 N–H and O–H groups in total. The number of methoxy groups -OCH3 is 1. The van der Waals surface area contributed by atoms with Crippen LogP contribution in [0, 0.1) is 9.39 Å². The molecule has 0 aliphatic rings. The van der Waals surface area contributed by atoms with Crippen molar-refractivity contribution in [3.63, 3.8) is 0 Å². The van der Waals surface area contributed by atoms with Gasteiger partial charge < -0.3 is 4.74 Å². The number of benzene rings is 2. The lowest BCUT2D eigenvalue weighted by molar-refractivity contribution is 0.414. The predicted molar refractivity (Wildman–Crippen MR) is 87.9 cm³/mol. The molecule has 1 atom stereocenters. The lowest BCUT2D eigenvalue weighted by Gasteiger charge is -2.15. The van der Waals surface area contributed by atoms with E-state index in [1.165, 1.54) is 12.1 Å². The third-order valence-electron chi connectivity index (χ3n) is 2.72. The molecule has 0 aliphatic heterocycles. The molecule has 0 fully saturated rings. The summed E-state index contributed by atoms with van der Waals surface area (Å²) in [5.41, 5.74) is 1.90. The third-order valence-corrected chi connectivity index (χ3v) is 4.96. The Kier molecular flexibility index (Phi) is 5.09.